The van der Waals surface area contributed by atoms with Crippen LogP contribution in [-0.2, 0) is 6.42 Å². The number of carboxylic acids is 1. The van der Waals surface area contributed by atoms with Crippen LogP contribution >= 0.6 is 0 Å². The minimum absolute atomic E-state index is 0.0779. The molecule has 114 valence electrons. The molecule has 1 aliphatic rings. The van der Waals surface area contributed by atoms with Gasteiger partial charge in [-0.2, -0.15) is 0 Å². The van der Waals surface area contributed by atoms with E-state index in [1.807, 2.05) is 12.1 Å². The fourth-order valence-electron chi connectivity index (χ4n) is 2.91. The van der Waals surface area contributed by atoms with Crippen LogP contribution in [0, 0.1) is 0 Å². The van der Waals surface area contributed by atoms with Crippen molar-refractivity contribution < 1.29 is 18.7 Å². The van der Waals surface area contributed by atoms with E-state index in [0.717, 1.165) is 5.57 Å². The highest BCUT2D eigenvalue weighted by molar-refractivity contribution is 5.94. The molecule has 1 aliphatic carbocycles. The monoisotopic (exact) mass is 308 g/mol. The van der Waals surface area contributed by atoms with Gasteiger partial charge in [0.1, 0.15) is 17.1 Å². The zero-order valence-corrected chi connectivity index (χ0v) is 12.0. The molecule has 3 aromatic rings. The predicted octanol–water partition coefficient (Wildman–Crippen LogP) is 3.57. The van der Waals surface area contributed by atoms with Crippen LogP contribution in [0.3, 0.4) is 0 Å². The van der Waals surface area contributed by atoms with E-state index in [4.69, 9.17) is 13.9 Å². The molecule has 4 rings (SSSR count). The Labute approximate surface area is 130 Å². The van der Waals surface area contributed by atoms with Crippen LogP contribution in [0.5, 0.6) is 0 Å². The summed E-state index contributed by atoms with van der Waals surface area (Å²) in [4.78, 5) is 23.7. The topological polar surface area (TPSA) is 80.6 Å². The van der Waals surface area contributed by atoms with Crippen molar-refractivity contribution in [2.45, 2.75) is 12.8 Å². The summed E-state index contributed by atoms with van der Waals surface area (Å²) in [5.41, 5.74) is 1.82. The second-order valence-electron chi connectivity index (χ2n) is 5.44. The first-order valence-electron chi connectivity index (χ1n) is 7.21. The number of carbonyl (C=O) groups is 1. The molecule has 0 saturated carbocycles. The van der Waals surface area contributed by atoms with Gasteiger partial charge in [0.05, 0.1) is 17.2 Å². The van der Waals surface area contributed by atoms with E-state index in [9.17, 15) is 9.59 Å². The summed E-state index contributed by atoms with van der Waals surface area (Å²) in [6, 6.07) is 7.97. The summed E-state index contributed by atoms with van der Waals surface area (Å²) in [7, 11) is 0. The number of furan rings is 1. The average Bonchev–Trinajstić information content (AvgIpc) is 3.18. The second kappa shape index (κ2) is 4.98. The minimum atomic E-state index is -1.06. The van der Waals surface area contributed by atoms with Crippen molar-refractivity contribution >= 4 is 28.6 Å². The maximum Gasteiger partial charge on any atom is 0.335 e. The molecule has 5 heteroatoms. The number of hydrogen-bond donors (Lipinski definition) is 1. The summed E-state index contributed by atoms with van der Waals surface area (Å²) in [6.07, 6.45) is 4.73. The van der Waals surface area contributed by atoms with E-state index in [0.29, 0.717) is 40.9 Å². The summed E-state index contributed by atoms with van der Waals surface area (Å²) in [5, 5.41) is 9.37. The highest BCUT2D eigenvalue weighted by Gasteiger charge is 2.24. The van der Waals surface area contributed by atoms with E-state index in [2.05, 4.69) is 0 Å². The maximum absolute atomic E-state index is 12.6. The van der Waals surface area contributed by atoms with Crippen LogP contribution < -0.4 is 5.43 Å². The Balaban J connectivity index is 1.92. The van der Waals surface area contributed by atoms with Crippen LogP contribution in [0.25, 0.3) is 22.6 Å². The zero-order chi connectivity index (χ0) is 16.0. The molecule has 0 fully saturated rings. The number of fused-ring (bicyclic) bond motifs is 2. The molecule has 2 heterocycles. The molecule has 0 spiro atoms. The largest absolute Gasteiger partial charge is 0.478 e. The van der Waals surface area contributed by atoms with Crippen molar-refractivity contribution in [3.8, 4) is 0 Å². The first-order chi connectivity index (χ1) is 11.1. The third-order valence-corrected chi connectivity index (χ3v) is 4.03. The van der Waals surface area contributed by atoms with Gasteiger partial charge in [0, 0.05) is 5.56 Å². The van der Waals surface area contributed by atoms with Gasteiger partial charge in [0.2, 0.25) is 0 Å². The van der Waals surface area contributed by atoms with Crippen LogP contribution in [0.4, 0.5) is 0 Å². The average molecular weight is 308 g/mol. The number of hydrogen-bond acceptors (Lipinski definition) is 4. The van der Waals surface area contributed by atoms with Gasteiger partial charge >= 0.3 is 5.97 Å². The Bertz CT molecular complexity index is 1010. The van der Waals surface area contributed by atoms with Gasteiger partial charge in [-0.1, -0.05) is 0 Å². The van der Waals surface area contributed by atoms with Crippen LogP contribution in [0.1, 0.15) is 33.9 Å². The van der Waals surface area contributed by atoms with Gasteiger partial charge in [0.25, 0.3) is 0 Å². The molecule has 2 aromatic heterocycles. The quantitative estimate of drug-likeness (QED) is 0.782. The first-order valence-corrected chi connectivity index (χ1v) is 7.21. The van der Waals surface area contributed by atoms with E-state index < -0.39 is 5.97 Å². The van der Waals surface area contributed by atoms with Gasteiger partial charge in [-0.15, -0.1) is 0 Å². The SMILES string of the molecule is O=C(O)c1ccc2oc3c(c(=O)c2c1)CC/C3=C\c1ccco1. The van der Waals surface area contributed by atoms with Crippen molar-refractivity contribution in [3.05, 3.63) is 69.5 Å². The lowest BCUT2D eigenvalue weighted by molar-refractivity contribution is 0.0697. The van der Waals surface area contributed by atoms with Crippen molar-refractivity contribution in [1.82, 2.24) is 0 Å². The molecular weight excluding hydrogens is 296 g/mol. The van der Waals surface area contributed by atoms with Crippen molar-refractivity contribution in [2.24, 2.45) is 0 Å². The van der Waals surface area contributed by atoms with Gasteiger partial charge < -0.3 is 13.9 Å². The van der Waals surface area contributed by atoms with Crippen LogP contribution in [-0.4, -0.2) is 11.1 Å². The summed E-state index contributed by atoms with van der Waals surface area (Å²) < 4.78 is 11.2. The Hall–Kier alpha value is -3.08. The molecule has 0 bridgehead atoms. The molecule has 1 aromatic carbocycles. The van der Waals surface area contributed by atoms with Gasteiger partial charge in [0.15, 0.2) is 5.43 Å². The third-order valence-electron chi connectivity index (χ3n) is 4.03. The Morgan fingerprint density at radius 2 is 2.09 bits per heavy atom. The molecule has 23 heavy (non-hydrogen) atoms. The zero-order valence-electron chi connectivity index (χ0n) is 12.0. The molecule has 0 unspecified atom stereocenters. The van der Waals surface area contributed by atoms with E-state index >= 15 is 0 Å². The Morgan fingerprint density at radius 3 is 2.83 bits per heavy atom. The summed E-state index contributed by atoms with van der Waals surface area (Å²) in [5.74, 6) is 0.212. The molecule has 0 amide bonds. The van der Waals surface area contributed by atoms with Crippen molar-refractivity contribution in [1.29, 1.82) is 0 Å². The molecule has 0 saturated heterocycles. The first kappa shape index (κ1) is 13.6. The lowest BCUT2D eigenvalue weighted by Crippen LogP contribution is -2.09. The number of carboxylic acid groups (broad SMARTS) is 1. The van der Waals surface area contributed by atoms with Gasteiger partial charge in [-0.25, -0.2) is 4.79 Å². The lowest BCUT2D eigenvalue weighted by atomic mass is 10.1. The fraction of sp³-hybridized carbons (Fsp3) is 0.111. The standard InChI is InChI=1S/C18H12O5/c19-16-13-5-3-10(8-12-2-1-7-22-12)17(13)23-15-6-4-11(18(20)21)9-14(15)16/h1-2,4,6-9H,3,5H2,(H,20,21)/b10-8+. The predicted molar refractivity (Wildman–Crippen MR) is 84.3 cm³/mol. The second-order valence-corrected chi connectivity index (χ2v) is 5.44. The third kappa shape index (κ3) is 2.17. The highest BCUT2D eigenvalue weighted by Crippen LogP contribution is 2.34. The smallest absolute Gasteiger partial charge is 0.335 e. The summed E-state index contributed by atoms with van der Waals surface area (Å²) in [6.45, 7) is 0. The van der Waals surface area contributed by atoms with E-state index in [1.54, 1.807) is 12.3 Å². The van der Waals surface area contributed by atoms with Crippen molar-refractivity contribution in [3.63, 3.8) is 0 Å². The number of aromatic carboxylic acids is 1. The fourth-order valence-corrected chi connectivity index (χ4v) is 2.91. The molecule has 5 nitrogen and oxygen atoms in total. The summed E-state index contributed by atoms with van der Waals surface area (Å²) >= 11 is 0. The van der Waals surface area contributed by atoms with E-state index in [1.165, 1.54) is 18.2 Å². The molecule has 0 atom stereocenters. The van der Waals surface area contributed by atoms with Gasteiger partial charge in [-0.3, -0.25) is 4.79 Å². The lowest BCUT2D eigenvalue weighted by Gasteiger charge is -2.04. The van der Waals surface area contributed by atoms with Gasteiger partial charge in [-0.05, 0) is 54.8 Å². The molecule has 0 aliphatic heterocycles. The van der Waals surface area contributed by atoms with Crippen molar-refractivity contribution in [2.75, 3.05) is 0 Å². The van der Waals surface area contributed by atoms with Crippen LogP contribution in [0.2, 0.25) is 0 Å². The maximum atomic E-state index is 12.6. The number of allylic oxidation sites excluding steroid dienone is 1. The highest BCUT2D eigenvalue weighted by atomic mass is 16.4. The van der Waals surface area contributed by atoms with E-state index in [-0.39, 0.29) is 11.0 Å². The molecule has 0 radical (unpaired) electrons. The minimum Gasteiger partial charge on any atom is -0.478 e. The number of benzene rings is 1. The Kier molecular flexibility index (Phi) is 2.94. The normalized spacial score (nSPS) is 15.2. The molecule has 1 N–H and O–H groups in total. The Morgan fingerprint density at radius 1 is 1.22 bits per heavy atom. The molecular formula is C18H12O5. The number of rotatable bonds is 2. The van der Waals surface area contributed by atoms with Crippen LogP contribution in [0.15, 0.2) is 50.2 Å².